The Balaban J connectivity index is 1.49. The van der Waals surface area contributed by atoms with Crippen LogP contribution in [0.5, 0.6) is 17.4 Å². The van der Waals surface area contributed by atoms with E-state index in [1.54, 1.807) is 11.3 Å². The van der Waals surface area contributed by atoms with Gasteiger partial charge in [-0.3, -0.25) is 4.90 Å². The third-order valence-electron chi connectivity index (χ3n) is 5.40. The molecule has 1 aromatic carbocycles. The van der Waals surface area contributed by atoms with Crippen molar-refractivity contribution in [1.29, 1.82) is 0 Å². The molecule has 2 aliphatic rings. The molecule has 0 spiro atoms. The quantitative estimate of drug-likeness (QED) is 0.606. The summed E-state index contributed by atoms with van der Waals surface area (Å²) < 4.78 is 17.3. The Morgan fingerprint density at radius 1 is 1.07 bits per heavy atom. The molecule has 0 amide bonds. The molecule has 0 N–H and O–H groups in total. The van der Waals surface area contributed by atoms with Crippen molar-refractivity contribution >= 4 is 21.6 Å². The number of thiophene rings is 1. The van der Waals surface area contributed by atoms with E-state index in [0.717, 1.165) is 73.2 Å². The lowest BCUT2D eigenvalue weighted by Crippen LogP contribution is -2.36. The van der Waals surface area contributed by atoms with Crippen molar-refractivity contribution in [3.63, 3.8) is 0 Å². The van der Waals surface area contributed by atoms with Gasteiger partial charge in [0.2, 0.25) is 5.88 Å². The van der Waals surface area contributed by atoms with E-state index in [-0.39, 0.29) is 0 Å². The zero-order valence-corrected chi connectivity index (χ0v) is 17.5. The molecule has 1 saturated heterocycles. The molecule has 0 saturated carbocycles. The lowest BCUT2D eigenvalue weighted by Gasteiger charge is -2.25. The van der Waals surface area contributed by atoms with E-state index in [9.17, 15) is 0 Å². The summed E-state index contributed by atoms with van der Waals surface area (Å²) in [6, 6.07) is 7.74. The van der Waals surface area contributed by atoms with E-state index in [0.29, 0.717) is 12.5 Å². The van der Waals surface area contributed by atoms with Crippen LogP contribution < -0.4 is 9.47 Å². The lowest BCUT2D eigenvalue weighted by molar-refractivity contribution is 0.0330. The summed E-state index contributed by atoms with van der Waals surface area (Å²) in [5, 5.41) is 1.10. The highest BCUT2D eigenvalue weighted by Crippen LogP contribution is 2.41. The normalized spacial score (nSPS) is 16.9. The molecule has 3 aromatic rings. The second-order valence-electron chi connectivity index (χ2n) is 7.38. The Kier molecular flexibility index (Phi) is 5.35. The molecular formula is C22H25N3O3S. The van der Waals surface area contributed by atoms with Gasteiger partial charge in [0.05, 0.1) is 31.8 Å². The topological polar surface area (TPSA) is 56.7 Å². The SMILES string of the molecule is CCOc1ccc(Oc2nc(CN3CCOCC3)nc3sc4c(c23)CCC4)cc1. The van der Waals surface area contributed by atoms with Crippen LogP contribution in [0.4, 0.5) is 0 Å². The van der Waals surface area contributed by atoms with Crippen molar-refractivity contribution in [1.82, 2.24) is 14.9 Å². The second kappa shape index (κ2) is 8.26. The van der Waals surface area contributed by atoms with Gasteiger partial charge in [-0.15, -0.1) is 11.3 Å². The minimum absolute atomic E-state index is 0.651. The molecule has 0 radical (unpaired) electrons. The molecule has 0 atom stereocenters. The number of fused-ring (bicyclic) bond motifs is 3. The van der Waals surface area contributed by atoms with Gasteiger partial charge in [-0.2, -0.15) is 4.98 Å². The monoisotopic (exact) mass is 411 g/mol. The van der Waals surface area contributed by atoms with Crippen molar-refractivity contribution in [3.05, 3.63) is 40.5 Å². The third-order valence-corrected chi connectivity index (χ3v) is 6.58. The summed E-state index contributed by atoms with van der Waals surface area (Å²) in [5.74, 6) is 3.11. The maximum absolute atomic E-state index is 6.30. The maximum Gasteiger partial charge on any atom is 0.231 e. The van der Waals surface area contributed by atoms with Gasteiger partial charge in [-0.05, 0) is 56.0 Å². The summed E-state index contributed by atoms with van der Waals surface area (Å²) in [6.45, 7) is 6.72. The van der Waals surface area contributed by atoms with E-state index < -0.39 is 0 Å². The van der Waals surface area contributed by atoms with Crippen molar-refractivity contribution in [2.75, 3.05) is 32.9 Å². The van der Waals surface area contributed by atoms with Crippen molar-refractivity contribution < 1.29 is 14.2 Å². The van der Waals surface area contributed by atoms with E-state index in [1.165, 1.54) is 16.9 Å². The Labute approximate surface area is 174 Å². The number of benzene rings is 1. The number of nitrogens with zero attached hydrogens (tertiary/aromatic N) is 3. The van der Waals surface area contributed by atoms with Gasteiger partial charge in [-0.25, -0.2) is 4.98 Å². The third kappa shape index (κ3) is 3.95. The molecule has 5 rings (SSSR count). The fraction of sp³-hybridized carbons (Fsp3) is 0.455. The number of ether oxygens (including phenoxy) is 3. The molecule has 152 valence electrons. The average Bonchev–Trinajstić information content (AvgIpc) is 3.31. The summed E-state index contributed by atoms with van der Waals surface area (Å²) in [4.78, 5) is 14.6. The van der Waals surface area contributed by atoms with Gasteiger partial charge in [-0.1, -0.05) is 0 Å². The number of hydrogen-bond donors (Lipinski definition) is 0. The summed E-state index contributed by atoms with van der Waals surface area (Å²) in [6.07, 6.45) is 3.42. The number of morpholine rings is 1. The summed E-state index contributed by atoms with van der Waals surface area (Å²) >= 11 is 1.80. The van der Waals surface area contributed by atoms with Crippen molar-refractivity contribution in [2.45, 2.75) is 32.7 Å². The first-order valence-corrected chi connectivity index (χ1v) is 11.1. The minimum atomic E-state index is 0.651. The van der Waals surface area contributed by atoms with E-state index >= 15 is 0 Å². The van der Waals surface area contributed by atoms with E-state index in [2.05, 4.69) is 4.90 Å². The van der Waals surface area contributed by atoms with Crippen LogP contribution in [0.25, 0.3) is 10.2 Å². The van der Waals surface area contributed by atoms with Crippen LogP contribution in [0.2, 0.25) is 0 Å². The van der Waals surface area contributed by atoms with Gasteiger partial charge in [0, 0.05) is 18.0 Å². The van der Waals surface area contributed by atoms with Crippen LogP contribution in [0, 0.1) is 0 Å². The molecule has 0 bridgehead atoms. The molecule has 0 unspecified atom stereocenters. The van der Waals surface area contributed by atoms with E-state index in [4.69, 9.17) is 24.2 Å². The van der Waals surface area contributed by atoms with Crippen molar-refractivity contribution in [2.24, 2.45) is 0 Å². The molecule has 7 heteroatoms. The second-order valence-corrected chi connectivity index (χ2v) is 8.46. The van der Waals surface area contributed by atoms with Gasteiger partial charge < -0.3 is 14.2 Å². The van der Waals surface area contributed by atoms with Crippen LogP contribution in [-0.4, -0.2) is 47.8 Å². The van der Waals surface area contributed by atoms with Crippen LogP contribution >= 0.6 is 11.3 Å². The Bertz CT molecular complexity index is 997. The van der Waals surface area contributed by atoms with Gasteiger partial charge in [0.1, 0.15) is 22.2 Å². The van der Waals surface area contributed by atoms with Gasteiger partial charge in [0.25, 0.3) is 0 Å². The lowest BCUT2D eigenvalue weighted by atomic mass is 10.2. The Morgan fingerprint density at radius 2 is 1.86 bits per heavy atom. The molecule has 2 aromatic heterocycles. The predicted octanol–water partition coefficient (Wildman–Crippen LogP) is 4.20. The molecule has 1 fully saturated rings. The Morgan fingerprint density at radius 3 is 2.66 bits per heavy atom. The maximum atomic E-state index is 6.30. The highest BCUT2D eigenvalue weighted by atomic mass is 32.1. The van der Waals surface area contributed by atoms with E-state index in [1.807, 2.05) is 31.2 Å². The molecule has 1 aliphatic heterocycles. The van der Waals surface area contributed by atoms with Gasteiger partial charge >= 0.3 is 0 Å². The standard InChI is InChI=1S/C22H25N3O3S/c1-2-27-15-6-8-16(9-7-15)28-21-20-17-4-3-5-18(17)29-22(20)24-19(23-21)14-25-10-12-26-13-11-25/h6-9H,2-5,10-14H2,1H3. The number of rotatable bonds is 6. The van der Waals surface area contributed by atoms with Gasteiger partial charge in [0.15, 0.2) is 0 Å². The van der Waals surface area contributed by atoms with Crippen LogP contribution in [0.15, 0.2) is 24.3 Å². The largest absolute Gasteiger partial charge is 0.494 e. The summed E-state index contributed by atoms with van der Waals surface area (Å²) in [7, 11) is 0. The Hall–Kier alpha value is -2.22. The highest BCUT2D eigenvalue weighted by molar-refractivity contribution is 7.19. The van der Waals surface area contributed by atoms with Crippen molar-refractivity contribution in [3.8, 4) is 17.4 Å². The fourth-order valence-corrected chi connectivity index (χ4v) is 5.26. The zero-order chi connectivity index (χ0) is 19.6. The smallest absolute Gasteiger partial charge is 0.231 e. The molecule has 1 aliphatic carbocycles. The molecule has 3 heterocycles. The zero-order valence-electron chi connectivity index (χ0n) is 16.6. The predicted molar refractivity (Wildman–Crippen MR) is 113 cm³/mol. The first-order chi connectivity index (χ1) is 14.3. The van der Waals surface area contributed by atoms with Crippen LogP contribution in [-0.2, 0) is 24.1 Å². The molecule has 6 nitrogen and oxygen atoms in total. The van der Waals surface area contributed by atoms with Crippen LogP contribution in [0.1, 0.15) is 29.6 Å². The molecule has 29 heavy (non-hydrogen) atoms. The molecular weight excluding hydrogens is 386 g/mol. The minimum Gasteiger partial charge on any atom is -0.494 e. The first kappa shape index (κ1) is 18.8. The van der Waals surface area contributed by atoms with Crippen LogP contribution in [0.3, 0.4) is 0 Å². The fourth-order valence-electron chi connectivity index (χ4n) is 3.99. The number of aromatic nitrogens is 2. The number of hydrogen-bond acceptors (Lipinski definition) is 7. The first-order valence-electron chi connectivity index (χ1n) is 10.3. The number of aryl methyl sites for hydroxylation is 2. The highest BCUT2D eigenvalue weighted by Gasteiger charge is 2.24. The average molecular weight is 412 g/mol. The summed E-state index contributed by atoms with van der Waals surface area (Å²) in [5.41, 5.74) is 1.38.